The van der Waals surface area contributed by atoms with Gasteiger partial charge in [0.2, 0.25) is 0 Å². The average molecular weight is 273 g/mol. The van der Waals surface area contributed by atoms with Gasteiger partial charge in [0.1, 0.15) is 0 Å². The summed E-state index contributed by atoms with van der Waals surface area (Å²) in [6, 6.07) is 8.13. The van der Waals surface area contributed by atoms with E-state index in [0.717, 1.165) is 30.4 Å². The maximum Gasteiger partial charge on any atom is 0.274 e. The Hall–Kier alpha value is -1.72. The highest BCUT2D eigenvalue weighted by molar-refractivity contribution is 5.80. The molecule has 1 aromatic carbocycles. The van der Waals surface area contributed by atoms with E-state index in [2.05, 4.69) is 17.3 Å². The van der Waals surface area contributed by atoms with Crippen molar-refractivity contribution in [3.8, 4) is 0 Å². The quantitative estimate of drug-likeness (QED) is 0.908. The molecule has 0 radical (unpaired) electrons. The van der Waals surface area contributed by atoms with E-state index in [1.54, 1.807) is 6.20 Å². The van der Waals surface area contributed by atoms with E-state index in [-0.39, 0.29) is 11.6 Å². The van der Waals surface area contributed by atoms with Gasteiger partial charge in [-0.25, -0.2) is 4.68 Å². The first-order valence-electron chi connectivity index (χ1n) is 7.02. The zero-order chi connectivity index (χ0) is 13.9. The Kier molecular flexibility index (Phi) is 3.80. The fourth-order valence-electron chi connectivity index (χ4n) is 2.64. The van der Waals surface area contributed by atoms with Gasteiger partial charge >= 0.3 is 0 Å². The molecule has 1 saturated heterocycles. The summed E-state index contributed by atoms with van der Waals surface area (Å²) in [5.41, 5.74) is -0.0283. The minimum absolute atomic E-state index is 0.0283. The van der Waals surface area contributed by atoms with Crippen LogP contribution in [-0.2, 0) is 11.3 Å². The third-order valence-corrected chi connectivity index (χ3v) is 3.66. The van der Waals surface area contributed by atoms with E-state index in [4.69, 9.17) is 4.74 Å². The van der Waals surface area contributed by atoms with Crippen molar-refractivity contribution in [2.45, 2.75) is 32.0 Å². The maximum atomic E-state index is 12.3. The number of rotatable bonds is 4. The zero-order valence-electron chi connectivity index (χ0n) is 11.6. The van der Waals surface area contributed by atoms with Crippen LogP contribution in [0.4, 0.5) is 0 Å². The largest absolute Gasteiger partial charge is 0.380 e. The molecule has 1 fully saturated rings. The molecular weight excluding hydrogens is 254 g/mol. The summed E-state index contributed by atoms with van der Waals surface area (Å²) in [6.07, 6.45) is 2.78. The van der Waals surface area contributed by atoms with Gasteiger partial charge in [0.25, 0.3) is 5.56 Å². The van der Waals surface area contributed by atoms with Gasteiger partial charge in [-0.3, -0.25) is 4.79 Å². The summed E-state index contributed by atoms with van der Waals surface area (Å²) in [7, 11) is 0. The third kappa shape index (κ3) is 2.73. The molecule has 2 aromatic rings. The van der Waals surface area contributed by atoms with Gasteiger partial charge in [0.15, 0.2) is 0 Å². The van der Waals surface area contributed by atoms with E-state index < -0.39 is 0 Å². The molecule has 0 bridgehead atoms. The van der Waals surface area contributed by atoms with Crippen molar-refractivity contribution in [1.82, 2.24) is 15.1 Å². The molecule has 0 spiro atoms. The highest BCUT2D eigenvalue weighted by Gasteiger charge is 2.18. The van der Waals surface area contributed by atoms with Gasteiger partial charge in [0.05, 0.1) is 24.7 Å². The number of nitrogens with one attached hydrogen (secondary N) is 1. The Morgan fingerprint density at radius 1 is 1.50 bits per heavy atom. The van der Waals surface area contributed by atoms with Crippen LogP contribution in [0.25, 0.3) is 10.8 Å². The first-order chi connectivity index (χ1) is 9.74. The lowest BCUT2D eigenvalue weighted by atomic mass is 10.2. The highest BCUT2D eigenvalue weighted by atomic mass is 16.5. The molecule has 1 aliphatic heterocycles. The minimum atomic E-state index is -0.0283. The van der Waals surface area contributed by atoms with Crippen LogP contribution in [0.2, 0.25) is 0 Å². The van der Waals surface area contributed by atoms with Crippen molar-refractivity contribution >= 4 is 10.8 Å². The highest BCUT2D eigenvalue weighted by Crippen LogP contribution is 2.07. The summed E-state index contributed by atoms with van der Waals surface area (Å²) in [5, 5.41) is 9.34. The third-order valence-electron chi connectivity index (χ3n) is 3.66. The van der Waals surface area contributed by atoms with Crippen molar-refractivity contribution in [3.63, 3.8) is 0 Å². The molecule has 0 aliphatic carbocycles. The Morgan fingerprint density at radius 2 is 2.35 bits per heavy atom. The predicted octanol–water partition coefficient (Wildman–Crippen LogP) is 1.16. The van der Waals surface area contributed by atoms with Crippen LogP contribution in [0.5, 0.6) is 0 Å². The van der Waals surface area contributed by atoms with Gasteiger partial charge in [-0.05, 0) is 19.4 Å². The van der Waals surface area contributed by atoms with Crippen molar-refractivity contribution < 1.29 is 4.74 Å². The summed E-state index contributed by atoms with van der Waals surface area (Å²) in [5.74, 6) is 0. The van der Waals surface area contributed by atoms with Crippen LogP contribution < -0.4 is 10.9 Å². The Morgan fingerprint density at radius 3 is 3.15 bits per heavy atom. The van der Waals surface area contributed by atoms with Crippen LogP contribution >= 0.6 is 0 Å². The lowest BCUT2D eigenvalue weighted by molar-refractivity contribution is 0.187. The number of ether oxygens (including phenoxy) is 1. The first kappa shape index (κ1) is 13.3. The Balaban J connectivity index is 1.76. The molecule has 0 unspecified atom stereocenters. The van der Waals surface area contributed by atoms with Crippen LogP contribution in [0.3, 0.4) is 0 Å². The molecule has 1 aromatic heterocycles. The number of hydrogen-bond acceptors (Lipinski definition) is 4. The normalized spacial score (nSPS) is 20.4. The number of aromatic nitrogens is 2. The van der Waals surface area contributed by atoms with Gasteiger partial charge in [-0.2, -0.15) is 5.10 Å². The number of benzene rings is 1. The molecular formula is C15H19N3O2. The van der Waals surface area contributed by atoms with Crippen LogP contribution in [0, 0.1) is 0 Å². The van der Waals surface area contributed by atoms with Crippen molar-refractivity contribution in [1.29, 1.82) is 0 Å². The monoisotopic (exact) mass is 273 g/mol. The second-order valence-corrected chi connectivity index (χ2v) is 5.35. The molecule has 0 amide bonds. The van der Waals surface area contributed by atoms with Gasteiger partial charge in [-0.15, -0.1) is 0 Å². The van der Waals surface area contributed by atoms with E-state index in [1.807, 2.05) is 24.3 Å². The lowest BCUT2D eigenvalue weighted by Gasteiger charge is -2.18. The topological polar surface area (TPSA) is 56.2 Å². The van der Waals surface area contributed by atoms with Crippen LogP contribution in [-0.4, -0.2) is 35.1 Å². The van der Waals surface area contributed by atoms with E-state index in [9.17, 15) is 4.79 Å². The number of nitrogens with zero attached hydrogens (tertiary/aromatic N) is 2. The summed E-state index contributed by atoms with van der Waals surface area (Å²) < 4.78 is 6.88. The van der Waals surface area contributed by atoms with Gasteiger partial charge < -0.3 is 10.1 Å². The van der Waals surface area contributed by atoms with E-state index in [1.165, 1.54) is 4.68 Å². The number of fused-ring (bicyclic) bond motifs is 1. The second kappa shape index (κ2) is 5.73. The van der Waals surface area contributed by atoms with Crippen LogP contribution in [0.15, 0.2) is 35.3 Å². The van der Waals surface area contributed by atoms with Gasteiger partial charge in [-0.1, -0.05) is 18.2 Å². The lowest BCUT2D eigenvalue weighted by Crippen LogP contribution is -2.41. The molecule has 106 valence electrons. The van der Waals surface area contributed by atoms with Crippen LogP contribution in [0.1, 0.15) is 13.3 Å². The minimum Gasteiger partial charge on any atom is -0.380 e. The molecule has 1 aliphatic rings. The zero-order valence-corrected chi connectivity index (χ0v) is 11.6. The standard InChI is InChI=1S/C15H19N3O2/c1-11(17-13-6-7-20-10-13)9-18-15(19)14-5-3-2-4-12(14)8-16-18/h2-5,8,11,13,17H,6-7,9-10H2,1H3/t11-,13+/m0/s1. The number of hydrogen-bond donors (Lipinski definition) is 1. The molecule has 5 nitrogen and oxygen atoms in total. The average Bonchev–Trinajstić information content (AvgIpc) is 2.95. The molecule has 1 N–H and O–H groups in total. The van der Waals surface area contributed by atoms with Crippen molar-refractivity contribution in [2.24, 2.45) is 0 Å². The summed E-state index contributed by atoms with van der Waals surface area (Å²) >= 11 is 0. The maximum absolute atomic E-state index is 12.3. The fourth-order valence-corrected chi connectivity index (χ4v) is 2.64. The SMILES string of the molecule is C[C@@H](Cn1ncc2ccccc2c1=O)N[C@@H]1CCOC1. The molecule has 5 heteroatoms. The Bertz CT molecular complexity index is 647. The summed E-state index contributed by atoms with van der Waals surface area (Å²) in [4.78, 5) is 12.3. The molecule has 20 heavy (non-hydrogen) atoms. The fraction of sp³-hybridized carbons (Fsp3) is 0.467. The first-order valence-corrected chi connectivity index (χ1v) is 7.02. The molecule has 2 atom stereocenters. The van der Waals surface area contributed by atoms with Gasteiger partial charge in [0, 0.05) is 24.1 Å². The van der Waals surface area contributed by atoms with E-state index >= 15 is 0 Å². The predicted molar refractivity (Wildman–Crippen MR) is 77.8 cm³/mol. The van der Waals surface area contributed by atoms with Crippen molar-refractivity contribution in [2.75, 3.05) is 13.2 Å². The molecule has 3 rings (SSSR count). The molecule has 0 saturated carbocycles. The molecule has 2 heterocycles. The van der Waals surface area contributed by atoms with E-state index in [0.29, 0.717) is 12.6 Å². The second-order valence-electron chi connectivity index (χ2n) is 5.35. The van der Waals surface area contributed by atoms with Crippen molar-refractivity contribution in [3.05, 3.63) is 40.8 Å². The smallest absolute Gasteiger partial charge is 0.274 e. The Labute approximate surface area is 117 Å². The summed E-state index contributed by atoms with van der Waals surface area (Å²) in [6.45, 7) is 4.21.